The summed E-state index contributed by atoms with van der Waals surface area (Å²) in [5.41, 5.74) is 4.89. The monoisotopic (exact) mass is 571 g/mol. The summed E-state index contributed by atoms with van der Waals surface area (Å²) in [7, 11) is 1.79. The second-order valence-corrected chi connectivity index (χ2v) is 8.56. The lowest BCUT2D eigenvalue weighted by atomic mass is 10.1. The van der Waals surface area contributed by atoms with E-state index in [1.807, 2.05) is 12.3 Å². The molecule has 2 heterocycles. The molecule has 6 nitrogen and oxygen atoms in total. The van der Waals surface area contributed by atoms with Crippen molar-refractivity contribution in [2.75, 3.05) is 20.1 Å². The Kier molecular flexibility index (Phi) is 10.2. The number of hydrogen-bond acceptors (Lipinski definition) is 3. The van der Waals surface area contributed by atoms with Crippen LogP contribution < -0.4 is 16.2 Å². The summed E-state index contributed by atoms with van der Waals surface area (Å²) in [6.07, 6.45) is 4.47. The van der Waals surface area contributed by atoms with Crippen molar-refractivity contribution in [1.29, 1.82) is 0 Å². The van der Waals surface area contributed by atoms with Crippen molar-refractivity contribution in [2.45, 2.75) is 39.0 Å². The maximum Gasteiger partial charge on any atom is 0.250 e. The first-order chi connectivity index (χ1) is 16.2. The number of guanidine groups is 1. The van der Waals surface area contributed by atoms with E-state index in [4.69, 9.17) is 0 Å². The molecule has 0 amide bonds. The van der Waals surface area contributed by atoms with Crippen LogP contribution in [0.5, 0.6) is 0 Å². The molecule has 2 aromatic carbocycles. The quantitative estimate of drug-likeness (QED) is 0.244. The summed E-state index contributed by atoms with van der Waals surface area (Å²) in [6, 6.07) is 22.4. The smallest absolute Gasteiger partial charge is 0.250 e. The van der Waals surface area contributed by atoms with Crippen LogP contribution in [0.4, 0.5) is 0 Å². The zero-order chi connectivity index (χ0) is 22.9. The van der Waals surface area contributed by atoms with E-state index in [0.717, 1.165) is 30.2 Å². The van der Waals surface area contributed by atoms with Crippen molar-refractivity contribution in [3.63, 3.8) is 0 Å². The second-order valence-electron chi connectivity index (χ2n) is 8.56. The highest BCUT2D eigenvalue weighted by Crippen LogP contribution is 2.13. The van der Waals surface area contributed by atoms with Gasteiger partial charge in [-0.3, -0.25) is 14.7 Å². The van der Waals surface area contributed by atoms with Crippen molar-refractivity contribution in [3.8, 4) is 0 Å². The normalized spacial score (nSPS) is 14.0. The Bertz CT molecular complexity index is 1100. The maximum atomic E-state index is 11.9. The van der Waals surface area contributed by atoms with E-state index < -0.39 is 0 Å². The van der Waals surface area contributed by atoms with E-state index in [-0.39, 0.29) is 29.5 Å². The number of rotatable bonds is 8. The molecule has 4 rings (SSSR count). The molecular weight excluding hydrogens is 537 g/mol. The van der Waals surface area contributed by atoms with E-state index >= 15 is 0 Å². The number of aromatic nitrogens is 1. The summed E-state index contributed by atoms with van der Waals surface area (Å²) in [5, 5.41) is 6.76. The molecule has 7 heteroatoms. The average molecular weight is 572 g/mol. The van der Waals surface area contributed by atoms with Crippen LogP contribution in [-0.2, 0) is 26.2 Å². The maximum absolute atomic E-state index is 11.9. The van der Waals surface area contributed by atoms with Crippen molar-refractivity contribution < 1.29 is 0 Å². The molecule has 1 saturated heterocycles. The van der Waals surface area contributed by atoms with Gasteiger partial charge in [-0.1, -0.05) is 54.6 Å². The van der Waals surface area contributed by atoms with E-state index in [2.05, 4.69) is 69.1 Å². The Morgan fingerprint density at radius 3 is 1.85 bits per heavy atom. The van der Waals surface area contributed by atoms with Gasteiger partial charge in [0.15, 0.2) is 5.96 Å². The van der Waals surface area contributed by atoms with Crippen LogP contribution in [0, 0.1) is 0 Å². The Morgan fingerprint density at radius 1 is 0.794 bits per heavy atom. The van der Waals surface area contributed by atoms with Gasteiger partial charge in [-0.15, -0.1) is 24.0 Å². The highest BCUT2D eigenvalue weighted by atomic mass is 127. The van der Waals surface area contributed by atoms with Gasteiger partial charge in [0, 0.05) is 38.9 Å². The van der Waals surface area contributed by atoms with Gasteiger partial charge in [0.1, 0.15) is 0 Å². The number of halogens is 1. The minimum atomic E-state index is 0. The minimum absolute atomic E-state index is 0. The molecule has 1 aliphatic rings. The molecule has 180 valence electrons. The third-order valence-electron chi connectivity index (χ3n) is 6.05. The Labute approximate surface area is 219 Å². The van der Waals surface area contributed by atoms with E-state index in [9.17, 15) is 4.79 Å². The van der Waals surface area contributed by atoms with Crippen LogP contribution in [0.25, 0.3) is 0 Å². The topological polar surface area (TPSA) is 61.7 Å². The standard InChI is InChI=1S/C27H33N5O.HI/c1-28-27(29-18-22-7-11-24(12-8-22)20-31-15-4-5-16-31)30-19-23-9-13-25(14-10-23)21-32-17-3-2-6-26(32)33;/h2-3,6-14,17H,4-5,15-16,18-21H2,1H3,(H2,28,29,30);1H. The molecule has 3 aromatic rings. The number of aliphatic imine (C=N–C) groups is 1. The fourth-order valence-electron chi connectivity index (χ4n) is 4.10. The van der Waals surface area contributed by atoms with Gasteiger partial charge in [0.2, 0.25) is 0 Å². The molecule has 34 heavy (non-hydrogen) atoms. The molecule has 0 radical (unpaired) electrons. The molecule has 1 fully saturated rings. The van der Waals surface area contributed by atoms with Crippen molar-refractivity contribution >= 4 is 29.9 Å². The van der Waals surface area contributed by atoms with Crippen molar-refractivity contribution in [1.82, 2.24) is 20.1 Å². The van der Waals surface area contributed by atoms with Crippen molar-refractivity contribution in [2.24, 2.45) is 4.99 Å². The number of pyridine rings is 1. The third-order valence-corrected chi connectivity index (χ3v) is 6.05. The fourth-order valence-corrected chi connectivity index (χ4v) is 4.10. The zero-order valence-corrected chi connectivity index (χ0v) is 22.1. The fraction of sp³-hybridized carbons (Fsp3) is 0.333. The average Bonchev–Trinajstić information content (AvgIpc) is 3.36. The summed E-state index contributed by atoms with van der Waals surface area (Å²) < 4.78 is 1.71. The van der Waals surface area contributed by atoms with Gasteiger partial charge in [0.05, 0.1) is 6.54 Å². The lowest BCUT2D eigenvalue weighted by molar-refractivity contribution is 0.331. The van der Waals surface area contributed by atoms with Gasteiger partial charge >= 0.3 is 0 Å². The van der Waals surface area contributed by atoms with Gasteiger partial charge < -0.3 is 15.2 Å². The van der Waals surface area contributed by atoms with Crippen LogP contribution >= 0.6 is 24.0 Å². The molecular formula is C27H34IN5O. The van der Waals surface area contributed by atoms with Crippen LogP contribution in [0.2, 0.25) is 0 Å². The molecule has 1 aromatic heterocycles. The van der Waals surface area contributed by atoms with Crippen LogP contribution in [0.3, 0.4) is 0 Å². The number of nitrogens with one attached hydrogen (secondary N) is 2. The van der Waals surface area contributed by atoms with Crippen LogP contribution in [0.15, 0.2) is 82.7 Å². The largest absolute Gasteiger partial charge is 0.352 e. The predicted molar refractivity (Wildman–Crippen MR) is 150 cm³/mol. The molecule has 2 N–H and O–H groups in total. The molecule has 1 aliphatic heterocycles. The highest BCUT2D eigenvalue weighted by molar-refractivity contribution is 14.0. The summed E-state index contributed by atoms with van der Waals surface area (Å²) in [5.74, 6) is 0.774. The Balaban J connectivity index is 0.00000324. The molecule has 0 unspecified atom stereocenters. The Morgan fingerprint density at radius 2 is 1.32 bits per heavy atom. The number of nitrogens with zero attached hydrogens (tertiary/aromatic N) is 3. The second kappa shape index (κ2) is 13.3. The lowest BCUT2D eigenvalue weighted by Crippen LogP contribution is -2.36. The molecule has 0 aliphatic carbocycles. The first-order valence-electron chi connectivity index (χ1n) is 11.7. The highest BCUT2D eigenvalue weighted by Gasteiger charge is 2.11. The van der Waals surface area contributed by atoms with E-state index in [1.54, 1.807) is 23.7 Å². The van der Waals surface area contributed by atoms with E-state index in [0.29, 0.717) is 13.1 Å². The number of benzene rings is 2. The first kappa shape index (κ1) is 26.0. The molecule has 0 spiro atoms. The van der Waals surface area contributed by atoms with Gasteiger partial charge in [-0.2, -0.15) is 0 Å². The third kappa shape index (κ3) is 7.70. The SMILES string of the molecule is CN=C(NCc1ccc(CN2CCCC2)cc1)NCc1ccc(Cn2ccccc2=O)cc1.I. The lowest BCUT2D eigenvalue weighted by Gasteiger charge is -2.15. The zero-order valence-electron chi connectivity index (χ0n) is 19.7. The predicted octanol–water partition coefficient (Wildman–Crippen LogP) is 3.98. The number of likely N-dealkylation sites (tertiary alicyclic amines) is 1. The van der Waals surface area contributed by atoms with E-state index in [1.165, 1.54) is 37.1 Å². The van der Waals surface area contributed by atoms with Gasteiger partial charge in [0.25, 0.3) is 5.56 Å². The summed E-state index contributed by atoms with van der Waals surface area (Å²) in [4.78, 5) is 18.7. The first-order valence-corrected chi connectivity index (χ1v) is 11.7. The molecule has 0 saturated carbocycles. The van der Waals surface area contributed by atoms with Crippen LogP contribution in [-0.4, -0.2) is 35.6 Å². The summed E-state index contributed by atoms with van der Waals surface area (Å²) in [6.45, 7) is 5.49. The van der Waals surface area contributed by atoms with Crippen LogP contribution in [0.1, 0.15) is 35.1 Å². The van der Waals surface area contributed by atoms with Gasteiger partial charge in [-0.25, -0.2) is 0 Å². The number of hydrogen-bond donors (Lipinski definition) is 2. The minimum Gasteiger partial charge on any atom is -0.352 e. The van der Waals surface area contributed by atoms with Gasteiger partial charge in [-0.05, 0) is 54.3 Å². The van der Waals surface area contributed by atoms with Crippen molar-refractivity contribution in [3.05, 3.63) is 106 Å². The summed E-state index contributed by atoms with van der Waals surface area (Å²) >= 11 is 0. The molecule has 0 bridgehead atoms. The Hall–Kier alpha value is -2.65. The molecule has 0 atom stereocenters.